The molecular weight excluding hydrogens is 228 g/mol. The van der Waals surface area contributed by atoms with Crippen molar-refractivity contribution in [3.63, 3.8) is 0 Å². The molecule has 0 radical (unpaired) electrons. The van der Waals surface area contributed by atoms with Crippen molar-refractivity contribution in [3.8, 4) is 0 Å². The first-order valence-corrected chi connectivity index (χ1v) is 5.31. The minimum absolute atomic E-state index is 0.0970. The fraction of sp³-hybridized carbons (Fsp3) is 0.273. The van der Waals surface area contributed by atoms with Gasteiger partial charge in [0.1, 0.15) is 0 Å². The van der Waals surface area contributed by atoms with Crippen LogP contribution in [0.3, 0.4) is 0 Å². The second-order valence-corrected chi connectivity index (χ2v) is 3.76. The van der Waals surface area contributed by atoms with Crippen LogP contribution in [-0.4, -0.2) is 11.8 Å². The van der Waals surface area contributed by atoms with Gasteiger partial charge < -0.3 is 11.1 Å². The highest BCUT2D eigenvalue weighted by molar-refractivity contribution is 6.33. The van der Waals surface area contributed by atoms with Gasteiger partial charge in [0.05, 0.1) is 10.6 Å². The van der Waals surface area contributed by atoms with E-state index in [9.17, 15) is 9.59 Å². The van der Waals surface area contributed by atoms with E-state index in [1.807, 2.05) is 6.92 Å². The molecule has 1 aromatic carbocycles. The Balaban J connectivity index is 2.87. The van der Waals surface area contributed by atoms with Gasteiger partial charge in [-0.25, -0.2) is 0 Å². The van der Waals surface area contributed by atoms with Crippen molar-refractivity contribution in [1.82, 2.24) is 0 Å². The van der Waals surface area contributed by atoms with E-state index in [2.05, 4.69) is 5.32 Å². The van der Waals surface area contributed by atoms with Crippen LogP contribution in [0.1, 0.15) is 30.1 Å². The third kappa shape index (κ3) is 3.24. The SMILES string of the molecule is CCCC(=O)Nc1ccc(Cl)c(C(N)=O)c1. The quantitative estimate of drug-likeness (QED) is 0.847. The van der Waals surface area contributed by atoms with Crippen molar-refractivity contribution >= 4 is 29.1 Å². The Morgan fingerprint density at radius 2 is 2.12 bits per heavy atom. The molecule has 0 saturated carbocycles. The highest BCUT2D eigenvalue weighted by Crippen LogP contribution is 2.20. The summed E-state index contributed by atoms with van der Waals surface area (Å²) in [5, 5.41) is 2.94. The molecule has 1 rings (SSSR count). The summed E-state index contributed by atoms with van der Waals surface area (Å²) in [6.45, 7) is 1.91. The van der Waals surface area contributed by atoms with Crippen LogP contribution in [0.4, 0.5) is 5.69 Å². The molecule has 0 saturated heterocycles. The summed E-state index contributed by atoms with van der Waals surface area (Å²) >= 11 is 5.78. The Morgan fingerprint density at radius 1 is 1.44 bits per heavy atom. The molecule has 86 valence electrons. The number of benzene rings is 1. The van der Waals surface area contributed by atoms with Crippen molar-refractivity contribution in [1.29, 1.82) is 0 Å². The molecule has 2 amide bonds. The summed E-state index contributed by atoms with van der Waals surface area (Å²) in [5.74, 6) is -0.711. The van der Waals surface area contributed by atoms with Crippen LogP contribution in [-0.2, 0) is 4.79 Å². The number of hydrogen-bond donors (Lipinski definition) is 2. The lowest BCUT2D eigenvalue weighted by atomic mass is 10.2. The zero-order valence-electron chi connectivity index (χ0n) is 8.92. The topological polar surface area (TPSA) is 72.2 Å². The lowest BCUT2D eigenvalue weighted by molar-refractivity contribution is -0.116. The molecule has 0 aliphatic heterocycles. The number of nitrogens with two attached hydrogens (primary N) is 1. The van der Waals surface area contributed by atoms with Crippen molar-refractivity contribution in [2.24, 2.45) is 5.73 Å². The summed E-state index contributed by atoms with van der Waals surface area (Å²) < 4.78 is 0. The van der Waals surface area contributed by atoms with E-state index in [-0.39, 0.29) is 16.5 Å². The van der Waals surface area contributed by atoms with Gasteiger partial charge in [-0.3, -0.25) is 9.59 Å². The lowest BCUT2D eigenvalue weighted by Gasteiger charge is -2.06. The standard InChI is InChI=1S/C11H13ClN2O2/c1-2-3-10(15)14-7-4-5-9(12)8(6-7)11(13)16/h4-6H,2-3H2,1H3,(H2,13,16)(H,14,15). The summed E-state index contributed by atoms with van der Waals surface area (Å²) in [6.07, 6.45) is 1.20. The summed E-state index contributed by atoms with van der Waals surface area (Å²) in [7, 11) is 0. The van der Waals surface area contributed by atoms with Crippen molar-refractivity contribution in [2.45, 2.75) is 19.8 Å². The van der Waals surface area contributed by atoms with Crippen molar-refractivity contribution < 1.29 is 9.59 Å². The van der Waals surface area contributed by atoms with Crippen molar-refractivity contribution in [3.05, 3.63) is 28.8 Å². The normalized spacial score (nSPS) is 9.88. The molecule has 0 atom stereocenters. The molecule has 5 heteroatoms. The van der Waals surface area contributed by atoms with Crippen LogP contribution in [0.15, 0.2) is 18.2 Å². The van der Waals surface area contributed by atoms with E-state index in [1.165, 1.54) is 12.1 Å². The van der Waals surface area contributed by atoms with Gasteiger partial charge in [0, 0.05) is 12.1 Å². The van der Waals surface area contributed by atoms with Gasteiger partial charge in [-0.05, 0) is 24.6 Å². The largest absolute Gasteiger partial charge is 0.366 e. The fourth-order valence-electron chi connectivity index (χ4n) is 1.24. The Kier molecular flexibility index (Phi) is 4.31. The van der Waals surface area contributed by atoms with Crippen LogP contribution in [0, 0.1) is 0 Å². The van der Waals surface area contributed by atoms with Gasteiger partial charge in [0.25, 0.3) is 0 Å². The molecule has 0 spiro atoms. The molecule has 0 heterocycles. The predicted molar refractivity (Wildman–Crippen MR) is 63.5 cm³/mol. The molecule has 1 aromatic rings. The fourth-order valence-corrected chi connectivity index (χ4v) is 1.45. The van der Waals surface area contributed by atoms with Crippen LogP contribution in [0.2, 0.25) is 5.02 Å². The van der Waals surface area contributed by atoms with Gasteiger partial charge in [-0.2, -0.15) is 0 Å². The summed E-state index contributed by atoms with van der Waals surface area (Å²) in [4.78, 5) is 22.3. The average molecular weight is 241 g/mol. The van der Waals surface area contributed by atoms with Crippen LogP contribution in [0.5, 0.6) is 0 Å². The van der Waals surface area contributed by atoms with Crippen LogP contribution >= 0.6 is 11.6 Å². The second-order valence-electron chi connectivity index (χ2n) is 3.36. The number of nitrogens with one attached hydrogen (secondary N) is 1. The molecule has 16 heavy (non-hydrogen) atoms. The van der Waals surface area contributed by atoms with Crippen LogP contribution < -0.4 is 11.1 Å². The summed E-state index contributed by atoms with van der Waals surface area (Å²) in [6, 6.07) is 4.63. The van der Waals surface area contributed by atoms with Gasteiger partial charge in [0.15, 0.2) is 0 Å². The Bertz CT molecular complexity index is 418. The maximum absolute atomic E-state index is 11.3. The second kappa shape index (κ2) is 5.51. The number of anilines is 1. The van der Waals surface area contributed by atoms with E-state index in [4.69, 9.17) is 17.3 Å². The molecule has 0 aliphatic rings. The minimum Gasteiger partial charge on any atom is -0.366 e. The molecular formula is C11H13ClN2O2. The van der Waals surface area contributed by atoms with E-state index in [0.717, 1.165) is 6.42 Å². The van der Waals surface area contributed by atoms with Gasteiger partial charge in [-0.15, -0.1) is 0 Å². The van der Waals surface area contributed by atoms with Gasteiger partial charge in [-0.1, -0.05) is 18.5 Å². The first-order chi connectivity index (χ1) is 7.54. The zero-order chi connectivity index (χ0) is 12.1. The average Bonchev–Trinajstić information content (AvgIpc) is 2.21. The zero-order valence-corrected chi connectivity index (χ0v) is 9.67. The maximum Gasteiger partial charge on any atom is 0.250 e. The third-order valence-electron chi connectivity index (χ3n) is 1.99. The van der Waals surface area contributed by atoms with E-state index >= 15 is 0 Å². The number of carbonyl (C=O) groups excluding carboxylic acids is 2. The van der Waals surface area contributed by atoms with E-state index < -0.39 is 5.91 Å². The molecule has 0 bridgehead atoms. The predicted octanol–water partition coefficient (Wildman–Crippen LogP) is 2.18. The molecule has 0 fully saturated rings. The maximum atomic E-state index is 11.3. The lowest BCUT2D eigenvalue weighted by Crippen LogP contribution is -2.14. The number of amides is 2. The first kappa shape index (κ1) is 12.5. The first-order valence-electron chi connectivity index (χ1n) is 4.93. The number of primary amides is 1. The number of carbonyl (C=O) groups is 2. The Labute approximate surface area is 98.8 Å². The number of rotatable bonds is 4. The molecule has 4 nitrogen and oxygen atoms in total. The van der Waals surface area contributed by atoms with Gasteiger partial charge >= 0.3 is 0 Å². The third-order valence-corrected chi connectivity index (χ3v) is 2.32. The molecule has 0 aliphatic carbocycles. The highest BCUT2D eigenvalue weighted by atomic mass is 35.5. The highest BCUT2D eigenvalue weighted by Gasteiger charge is 2.08. The minimum atomic E-state index is -0.614. The Hall–Kier alpha value is -1.55. The van der Waals surface area contributed by atoms with Crippen molar-refractivity contribution in [2.75, 3.05) is 5.32 Å². The number of hydrogen-bond acceptors (Lipinski definition) is 2. The van der Waals surface area contributed by atoms with E-state index in [1.54, 1.807) is 6.07 Å². The summed E-state index contributed by atoms with van der Waals surface area (Å²) in [5.41, 5.74) is 5.87. The Morgan fingerprint density at radius 3 is 2.69 bits per heavy atom. The van der Waals surface area contributed by atoms with Crippen LogP contribution in [0.25, 0.3) is 0 Å². The smallest absolute Gasteiger partial charge is 0.250 e. The molecule has 0 aromatic heterocycles. The monoisotopic (exact) mass is 240 g/mol. The number of halogens is 1. The van der Waals surface area contributed by atoms with E-state index in [0.29, 0.717) is 12.1 Å². The molecule has 0 unspecified atom stereocenters. The van der Waals surface area contributed by atoms with Gasteiger partial charge in [0.2, 0.25) is 11.8 Å². The molecule has 3 N–H and O–H groups in total.